The van der Waals surface area contributed by atoms with E-state index in [1.165, 1.54) is 16.4 Å². The summed E-state index contributed by atoms with van der Waals surface area (Å²) in [4.78, 5) is 12.7. The molecule has 3 aromatic heterocycles. The number of nitrogen functional groups attached to an aromatic ring is 1. The fraction of sp³-hybridized carbons (Fsp3) is 0.333. The normalized spacial score (nSPS) is 11.1. The first-order chi connectivity index (χ1) is 12.8. The molecule has 0 fully saturated rings. The Hall–Kier alpha value is -2.81. The van der Waals surface area contributed by atoms with Crippen molar-refractivity contribution < 1.29 is 4.79 Å². The van der Waals surface area contributed by atoms with Gasteiger partial charge in [-0.2, -0.15) is 5.10 Å². The van der Waals surface area contributed by atoms with Crippen LogP contribution in [0.15, 0.2) is 29.9 Å². The van der Waals surface area contributed by atoms with Crippen molar-refractivity contribution in [1.82, 2.24) is 29.2 Å². The van der Waals surface area contributed by atoms with Gasteiger partial charge in [0, 0.05) is 29.2 Å². The topological polar surface area (TPSA) is 96.5 Å². The highest BCUT2D eigenvalue weighted by molar-refractivity contribution is 7.99. The van der Waals surface area contributed by atoms with Crippen LogP contribution >= 0.6 is 11.8 Å². The lowest BCUT2D eigenvalue weighted by Crippen LogP contribution is -2.17. The summed E-state index contributed by atoms with van der Waals surface area (Å²) < 4.78 is 5.06. The highest BCUT2D eigenvalue weighted by Crippen LogP contribution is 2.22. The number of hydrogen-bond donors (Lipinski definition) is 1. The monoisotopic (exact) mass is 385 g/mol. The number of carbonyl (C=O) groups excluding carboxylic acids is 1. The van der Waals surface area contributed by atoms with Crippen molar-refractivity contribution in [1.29, 1.82) is 0 Å². The summed E-state index contributed by atoms with van der Waals surface area (Å²) in [5.41, 5.74) is 4.47. The predicted octanol–water partition coefficient (Wildman–Crippen LogP) is 2.37. The summed E-state index contributed by atoms with van der Waals surface area (Å²) in [5, 5.41) is 13.0. The van der Waals surface area contributed by atoms with Crippen LogP contribution in [-0.4, -0.2) is 40.8 Å². The number of allylic oxidation sites excluding steroid dienone is 1. The fourth-order valence-corrected chi connectivity index (χ4v) is 3.78. The van der Waals surface area contributed by atoms with Crippen LogP contribution in [0.1, 0.15) is 33.1 Å². The second kappa shape index (κ2) is 7.43. The molecule has 3 aromatic rings. The minimum Gasteiger partial charge on any atom is -0.345 e. The number of hydrogen-bond acceptors (Lipinski definition) is 6. The average molecular weight is 385 g/mol. The van der Waals surface area contributed by atoms with Gasteiger partial charge in [0.1, 0.15) is 0 Å². The number of nitrogens with zero attached hydrogens (tertiary/aromatic N) is 6. The van der Waals surface area contributed by atoms with E-state index >= 15 is 0 Å². The second-order valence-electron chi connectivity index (χ2n) is 6.39. The molecule has 0 aliphatic rings. The first-order valence-electron chi connectivity index (χ1n) is 8.51. The van der Waals surface area contributed by atoms with Crippen LogP contribution in [0.4, 0.5) is 0 Å². The standard InChI is InChI=1S/C18H23N7OS/c1-6-7-23-12(3)9-15(14(23)5)16(26)10-27-18-21-20-17(24(18)19)25-13(4)8-11(2)22-25/h6,8-9H,1,7,10,19H2,2-5H3. The fourth-order valence-electron chi connectivity index (χ4n) is 3.04. The highest BCUT2D eigenvalue weighted by atomic mass is 32.2. The molecule has 0 amide bonds. The Morgan fingerprint density at radius 1 is 1.22 bits per heavy atom. The Bertz CT molecular complexity index is 1010. The molecule has 9 heteroatoms. The molecule has 3 heterocycles. The summed E-state index contributed by atoms with van der Waals surface area (Å²) >= 11 is 1.26. The van der Waals surface area contributed by atoms with Gasteiger partial charge in [0.25, 0.3) is 5.95 Å². The molecule has 0 bridgehead atoms. The van der Waals surface area contributed by atoms with E-state index in [1.807, 2.05) is 45.9 Å². The number of Topliss-reactive ketones (excluding diaryl/α,β-unsaturated/α-hetero) is 1. The molecular weight excluding hydrogens is 362 g/mol. The smallest absolute Gasteiger partial charge is 0.271 e. The number of nitrogens with two attached hydrogens (primary N) is 1. The maximum Gasteiger partial charge on any atom is 0.271 e. The van der Waals surface area contributed by atoms with Gasteiger partial charge in [-0.05, 0) is 39.8 Å². The number of ketones is 1. The van der Waals surface area contributed by atoms with E-state index < -0.39 is 0 Å². The van der Waals surface area contributed by atoms with Crippen molar-refractivity contribution in [3.8, 4) is 5.95 Å². The molecule has 3 rings (SSSR count). The van der Waals surface area contributed by atoms with Gasteiger partial charge in [-0.15, -0.1) is 16.8 Å². The second-order valence-corrected chi connectivity index (χ2v) is 7.33. The lowest BCUT2D eigenvalue weighted by Gasteiger charge is -2.06. The summed E-state index contributed by atoms with van der Waals surface area (Å²) in [6.45, 7) is 12.2. The molecule has 27 heavy (non-hydrogen) atoms. The minimum absolute atomic E-state index is 0.0269. The van der Waals surface area contributed by atoms with Crippen LogP contribution in [0, 0.1) is 27.7 Å². The molecule has 8 nitrogen and oxygen atoms in total. The largest absolute Gasteiger partial charge is 0.345 e. The molecule has 142 valence electrons. The van der Waals surface area contributed by atoms with E-state index in [0.717, 1.165) is 22.8 Å². The van der Waals surface area contributed by atoms with E-state index in [4.69, 9.17) is 5.84 Å². The number of aromatic nitrogens is 6. The number of carbonyl (C=O) groups is 1. The third-order valence-electron chi connectivity index (χ3n) is 4.36. The zero-order valence-electron chi connectivity index (χ0n) is 15.9. The first kappa shape index (κ1) is 19.0. The molecule has 0 unspecified atom stereocenters. The van der Waals surface area contributed by atoms with Crippen molar-refractivity contribution in [2.45, 2.75) is 39.4 Å². The van der Waals surface area contributed by atoms with Crippen molar-refractivity contribution in [2.75, 3.05) is 11.6 Å². The number of rotatable bonds is 7. The van der Waals surface area contributed by atoms with Crippen LogP contribution in [0.3, 0.4) is 0 Å². The summed E-state index contributed by atoms with van der Waals surface area (Å²) in [6, 6.07) is 3.85. The molecule has 0 aromatic carbocycles. The first-order valence-corrected chi connectivity index (χ1v) is 9.49. The van der Waals surface area contributed by atoms with Gasteiger partial charge in [0.2, 0.25) is 5.16 Å². The van der Waals surface area contributed by atoms with Gasteiger partial charge in [-0.25, -0.2) is 9.36 Å². The molecule has 0 aliphatic heterocycles. The molecule has 0 aliphatic carbocycles. The lowest BCUT2D eigenvalue weighted by atomic mass is 10.2. The van der Waals surface area contributed by atoms with Crippen LogP contribution in [-0.2, 0) is 6.54 Å². The van der Waals surface area contributed by atoms with Crippen molar-refractivity contribution in [3.05, 3.63) is 53.1 Å². The van der Waals surface area contributed by atoms with Crippen molar-refractivity contribution >= 4 is 17.5 Å². The average Bonchev–Trinajstić information content (AvgIpc) is 3.24. The molecule has 0 radical (unpaired) electrons. The molecule has 2 N–H and O–H groups in total. The van der Waals surface area contributed by atoms with Gasteiger partial charge in [-0.3, -0.25) is 4.79 Å². The van der Waals surface area contributed by atoms with Gasteiger partial charge in [-0.1, -0.05) is 17.8 Å². The summed E-state index contributed by atoms with van der Waals surface area (Å²) in [7, 11) is 0. The Balaban J connectivity index is 1.76. The van der Waals surface area contributed by atoms with Crippen LogP contribution < -0.4 is 5.84 Å². The zero-order valence-corrected chi connectivity index (χ0v) is 16.7. The van der Waals surface area contributed by atoms with E-state index in [2.05, 4.69) is 26.4 Å². The number of aryl methyl sites for hydroxylation is 3. The van der Waals surface area contributed by atoms with Gasteiger partial charge in [0.15, 0.2) is 5.78 Å². The SMILES string of the molecule is C=CCn1c(C)cc(C(=O)CSc2nnc(-n3nc(C)cc3C)n2N)c1C. The van der Waals surface area contributed by atoms with E-state index in [0.29, 0.717) is 23.2 Å². The molecular formula is C18H23N7OS. The summed E-state index contributed by atoms with van der Waals surface area (Å²) in [5.74, 6) is 6.79. The highest BCUT2D eigenvalue weighted by Gasteiger charge is 2.19. The molecule has 0 spiro atoms. The van der Waals surface area contributed by atoms with E-state index in [-0.39, 0.29) is 11.5 Å². The van der Waals surface area contributed by atoms with E-state index in [9.17, 15) is 4.79 Å². The molecule has 0 saturated heterocycles. The molecule has 0 atom stereocenters. The maximum absolute atomic E-state index is 12.7. The Labute approximate surface area is 162 Å². The van der Waals surface area contributed by atoms with Gasteiger partial charge in [0.05, 0.1) is 11.4 Å². The van der Waals surface area contributed by atoms with Crippen molar-refractivity contribution in [2.24, 2.45) is 0 Å². The third kappa shape index (κ3) is 3.55. The Morgan fingerprint density at radius 3 is 2.59 bits per heavy atom. The molecule has 0 saturated carbocycles. The van der Waals surface area contributed by atoms with Gasteiger partial charge < -0.3 is 10.4 Å². The zero-order chi connectivity index (χ0) is 19.7. The van der Waals surface area contributed by atoms with Crippen LogP contribution in [0.5, 0.6) is 0 Å². The minimum atomic E-state index is 0.0269. The van der Waals surface area contributed by atoms with E-state index in [1.54, 1.807) is 4.68 Å². The quantitative estimate of drug-likeness (QED) is 0.290. The lowest BCUT2D eigenvalue weighted by molar-refractivity contribution is 0.102. The predicted molar refractivity (Wildman–Crippen MR) is 106 cm³/mol. The Morgan fingerprint density at radius 2 is 1.96 bits per heavy atom. The van der Waals surface area contributed by atoms with Crippen LogP contribution in [0.25, 0.3) is 5.95 Å². The summed E-state index contributed by atoms with van der Waals surface area (Å²) in [6.07, 6.45) is 1.82. The van der Waals surface area contributed by atoms with Crippen molar-refractivity contribution in [3.63, 3.8) is 0 Å². The Kier molecular flexibility index (Phi) is 5.22. The number of thioether (sulfide) groups is 1. The van der Waals surface area contributed by atoms with Gasteiger partial charge >= 0.3 is 0 Å². The maximum atomic E-state index is 12.7. The van der Waals surface area contributed by atoms with Crippen LogP contribution in [0.2, 0.25) is 0 Å². The third-order valence-corrected chi connectivity index (χ3v) is 5.31.